The second-order valence-corrected chi connectivity index (χ2v) is 7.47. The van der Waals surface area contributed by atoms with Crippen LogP contribution in [0.15, 0.2) is 0 Å². The summed E-state index contributed by atoms with van der Waals surface area (Å²) in [5.74, 6) is 1.24. The lowest BCUT2D eigenvalue weighted by molar-refractivity contribution is -0.870. The predicted molar refractivity (Wildman–Crippen MR) is 95.9 cm³/mol. The van der Waals surface area contributed by atoms with Gasteiger partial charge in [-0.25, -0.2) is 0 Å². The van der Waals surface area contributed by atoms with Crippen LogP contribution in [0.1, 0.15) is 64.2 Å². The van der Waals surface area contributed by atoms with Crippen molar-refractivity contribution in [2.45, 2.75) is 64.2 Å². The fourth-order valence-corrected chi connectivity index (χ4v) is 2.55. The van der Waals surface area contributed by atoms with E-state index in [9.17, 15) is 4.79 Å². The molecule has 0 spiro atoms. The van der Waals surface area contributed by atoms with E-state index in [1.165, 1.54) is 44.9 Å². The quantitative estimate of drug-likeness (QED) is 0.268. The number of hydrogen-bond donors (Lipinski definition) is 2. The van der Waals surface area contributed by atoms with Gasteiger partial charge in [0.2, 0.25) is 5.91 Å². The van der Waals surface area contributed by atoms with E-state index in [0.29, 0.717) is 6.42 Å². The summed E-state index contributed by atoms with van der Waals surface area (Å²) >= 11 is 4.22. The first-order chi connectivity index (χ1) is 9.95. The Balaban J connectivity index is 0. The van der Waals surface area contributed by atoms with Gasteiger partial charge in [0.1, 0.15) is 0 Å². The fraction of sp³-hybridized carbons (Fsp3) is 0.941. The second kappa shape index (κ2) is 15.9. The van der Waals surface area contributed by atoms with Gasteiger partial charge in [-0.15, -0.1) is 0 Å². The van der Waals surface area contributed by atoms with Crippen LogP contribution in [-0.2, 0) is 4.79 Å². The second-order valence-electron chi connectivity index (χ2n) is 7.02. The minimum atomic E-state index is 0. The third-order valence-electron chi connectivity index (χ3n) is 3.64. The van der Waals surface area contributed by atoms with Crippen molar-refractivity contribution in [1.82, 2.24) is 5.32 Å². The van der Waals surface area contributed by atoms with Crippen molar-refractivity contribution in [3.05, 3.63) is 0 Å². The number of amides is 1. The smallest absolute Gasteiger partial charge is 0.219 e. The summed E-state index contributed by atoms with van der Waals surface area (Å²) in [7, 11) is 6.54. The molecule has 22 heavy (non-hydrogen) atoms. The molecular weight excluding hydrogens is 316 g/mol. The van der Waals surface area contributed by atoms with Gasteiger partial charge < -0.3 is 22.2 Å². The Morgan fingerprint density at radius 3 is 1.86 bits per heavy atom. The van der Waals surface area contributed by atoms with E-state index < -0.39 is 0 Å². The first kappa shape index (κ1) is 24.3. The number of carbonyl (C=O) groups excluding carboxylic acids is 1. The lowest BCUT2D eigenvalue weighted by atomic mass is 10.1. The summed E-state index contributed by atoms with van der Waals surface area (Å²) in [6.07, 6.45) is 11.8. The third-order valence-corrected chi connectivity index (χ3v) is 3.96. The highest BCUT2D eigenvalue weighted by Crippen LogP contribution is 2.09. The summed E-state index contributed by atoms with van der Waals surface area (Å²) in [6, 6.07) is 0. The van der Waals surface area contributed by atoms with Gasteiger partial charge in [-0.1, -0.05) is 38.5 Å². The molecule has 0 fully saturated rings. The largest absolute Gasteiger partial charge is 1.00 e. The average Bonchev–Trinajstić information content (AvgIpc) is 2.41. The maximum atomic E-state index is 11.7. The number of nitrogens with zero attached hydrogens (tertiary/aromatic N) is 1. The predicted octanol–water partition coefficient (Wildman–Crippen LogP) is 0.644. The lowest BCUT2D eigenvalue weighted by Gasteiger charge is -2.23. The number of hydrogen-bond acceptors (Lipinski definition) is 2. The van der Waals surface area contributed by atoms with Crippen LogP contribution in [-0.4, -0.2) is 50.4 Å². The van der Waals surface area contributed by atoms with E-state index in [4.69, 9.17) is 0 Å². The van der Waals surface area contributed by atoms with Crippen molar-refractivity contribution in [2.75, 3.05) is 40.0 Å². The van der Waals surface area contributed by atoms with E-state index in [1.54, 1.807) is 0 Å². The number of rotatable bonds is 14. The Hall–Kier alpha value is 0.0700. The number of nitrogens with one attached hydrogen (secondary N) is 1. The molecule has 0 aromatic carbocycles. The molecule has 0 atom stereocenters. The van der Waals surface area contributed by atoms with Crippen LogP contribution < -0.4 is 17.7 Å². The van der Waals surface area contributed by atoms with Crippen LogP contribution in [0.25, 0.3) is 0 Å². The maximum absolute atomic E-state index is 11.7. The number of thiol groups is 1. The zero-order valence-corrected chi connectivity index (χ0v) is 16.5. The highest BCUT2D eigenvalue weighted by Gasteiger charge is 2.06. The van der Waals surface area contributed by atoms with Gasteiger partial charge in [-0.05, 0) is 18.6 Å². The van der Waals surface area contributed by atoms with E-state index in [1.807, 2.05) is 0 Å². The molecule has 1 N–H and O–H groups in total. The molecule has 0 aliphatic carbocycles. The summed E-state index contributed by atoms with van der Waals surface area (Å²) in [5.41, 5.74) is 0. The van der Waals surface area contributed by atoms with Crippen LogP contribution in [0.4, 0.5) is 0 Å². The van der Waals surface area contributed by atoms with E-state index in [2.05, 4.69) is 39.1 Å². The molecule has 3 nitrogen and oxygen atoms in total. The number of halogens is 1. The Labute approximate surface area is 150 Å². The van der Waals surface area contributed by atoms with E-state index in [-0.39, 0.29) is 18.3 Å². The van der Waals surface area contributed by atoms with Crippen molar-refractivity contribution in [1.29, 1.82) is 0 Å². The molecule has 0 aliphatic heterocycles. The van der Waals surface area contributed by atoms with Crippen LogP contribution in [0.2, 0.25) is 0 Å². The topological polar surface area (TPSA) is 29.1 Å². The zero-order valence-electron chi connectivity index (χ0n) is 14.9. The molecule has 0 rings (SSSR count). The lowest BCUT2D eigenvalue weighted by Crippen LogP contribution is -3.00. The molecule has 0 aromatic rings. The molecule has 5 heteroatoms. The van der Waals surface area contributed by atoms with E-state index >= 15 is 0 Å². The van der Waals surface area contributed by atoms with E-state index in [0.717, 1.165) is 36.2 Å². The van der Waals surface area contributed by atoms with Crippen LogP contribution >= 0.6 is 12.6 Å². The summed E-state index contributed by atoms with van der Waals surface area (Å²) in [4.78, 5) is 11.7. The van der Waals surface area contributed by atoms with Crippen molar-refractivity contribution in [3.8, 4) is 0 Å². The molecule has 0 unspecified atom stereocenters. The average molecular weight is 353 g/mol. The Morgan fingerprint density at radius 2 is 1.36 bits per heavy atom. The van der Waals surface area contributed by atoms with Gasteiger partial charge in [0.05, 0.1) is 27.7 Å². The third kappa shape index (κ3) is 20.1. The number of quaternary nitrogens is 1. The minimum absolute atomic E-state index is 0. The van der Waals surface area contributed by atoms with Gasteiger partial charge >= 0.3 is 0 Å². The van der Waals surface area contributed by atoms with Crippen molar-refractivity contribution >= 4 is 18.5 Å². The number of carbonyl (C=O) groups is 1. The zero-order chi connectivity index (χ0) is 16.0. The highest BCUT2D eigenvalue weighted by molar-refractivity contribution is 7.80. The first-order valence-corrected chi connectivity index (χ1v) is 9.27. The van der Waals surface area contributed by atoms with Gasteiger partial charge in [0.15, 0.2) is 0 Å². The molecule has 0 radical (unpaired) electrons. The molecule has 0 saturated carbocycles. The molecular formula is C17H37ClN2OS. The SMILES string of the molecule is C[N+](C)(C)CCCNC(=O)CCCCCCCCCCS.[Cl-]. The Kier molecular flexibility index (Phi) is 17.6. The van der Waals surface area contributed by atoms with Gasteiger partial charge in [0, 0.05) is 19.4 Å². The van der Waals surface area contributed by atoms with Crippen molar-refractivity contribution in [3.63, 3.8) is 0 Å². The van der Waals surface area contributed by atoms with Crippen molar-refractivity contribution < 1.29 is 21.7 Å². The van der Waals surface area contributed by atoms with Crippen LogP contribution in [0.3, 0.4) is 0 Å². The van der Waals surface area contributed by atoms with Crippen LogP contribution in [0, 0.1) is 0 Å². The number of unbranched alkanes of at least 4 members (excludes halogenated alkanes) is 7. The Bertz CT molecular complexity index is 258. The standard InChI is InChI=1S/C17H36N2OS.ClH/c1-19(2,3)15-12-14-18-17(20)13-10-8-6-4-5-7-9-11-16-21;/h4-16H2,1-3H3,(H-,18,20,21);1H. The van der Waals surface area contributed by atoms with Crippen LogP contribution in [0.5, 0.6) is 0 Å². The molecule has 0 aliphatic rings. The first-order valence-electron chi connectivity index (χ1n) is 8.64. The fourth-order valence-electron chi connectivity index (χ4n) is 2.33. The monoisotopic (exact) mass is 352 g/mol. The molecule has 1 amide bonds. The van der Waals surface area contributed by atoms with Gasteiger partial charge in [-0.2, -0.15) is 12.6 Å². The minimum Gasteiger partial charge on any atom is -1.00 e. The molecule has 0 bridgehead atoms. The molecule has 134 valence electrons. The summed E-state index contributed by atoms with van der Waals surface area (Å²) < 4.78 is 0.962. The highest BCUT2D eigenvalue weighted by atomic mass is 35.5. The summed E-state index contributed by atoms with van der Waals surface area (Å²) in [5, 5.41) is 3.02. The van der Waals surface area contributed by atoms with Gasteiger partial charge in [-0.3, -0.25) is 4.79 Å². The molecule has 0 aromatic heterocycles. The van der Waals surface area contributed by atoms with Gasteiger partial charge in [0.25, 0.3) is 0 Å². The van der Waals surface area contributed by atoms with Crippen molar-refractivity contribution in [2.24, 2.45) is 0 Å². The normalized spacial score (nSPS) is 11.1. The Morgan fingerprint density at radius 1 is 0.864 bits per heavy atom. The summed E-state index contributed by atoms with van der Waals surface area (Å²) in [6.45, 7) is 1.92. The molecule has 0 heterocycles. The molecule has 0 saturated heterocycles. The maximum Gasteiger partial charge on any atom is 0.219 e.